The van der Waals surface area contributed by atoms with E-state index in [4.69, 9.17) is 21.1 Å². The number of alkyl halides is 1. The molecule has 2 aliphatic heterocycles. The molecule has 0 radical (unpaired) electrons. The molecule has 2 rings (SSSR count). The second-order valence-corrected chi connectivity index (χ2v) is 4.52. The maximum atomic E-state index is 9.94. The zero-order valence-corrected chi connectivity index (χ0v) is 8.62. The summed E-state index contributed by atoms with van der Waals surface area (Å²) < 4.78 is 11.0. The number of fused-ring (bicyclic) bond motifs is 2. The van der Waals surface area contributed by atoms with Crippen LogP contribution in [0.5, 0.6) is 0 Å². The molecule has 3 nitrogen and oxygen atoms in total. The van der Waals surface area contributed by atoms with Gasteiger partial charge in [0.1, 0.15) is 11.7 Å². The largest absolute Gasteiger partial charge is 0.388 e. The molecule has 1 N–H and O–H groups in total. The van der Waals surface area contributed by atoms with Crippen molar-refractivity contribution in [3.05, 3.63) is 0 Å². The molecule has 13 heavy (non-hydrogen) atoms. The lowest BCUT2D eigenvalue weighted by atomic mass is 9.88. The molecular formula is C9H15ClO3. The molecule has 0 aliphatic carbocycles. The van der Waals surface area contributed by atoms with E-state index in [9.17, 15) is 5.11 Å². The third kappa shape index (κ3) is 1.22. The van der Waals surface area contributed by atoms with E-state index in [0.717, 1.165) is 12.8 Å². The van der Waals surface area contributed by atoms with Crippen molar-refractivity contribution in [2.24, 2.45) is 0 Å². The summed E-state index contributed by atoms with van der Waals surface area (Å²) in [6, 6.07) is 0. The molecule has 0 amide bonds. The highest BCUT2D eigenvalue weighted by Crippen LogP contribution is 2.43. The molecule has 2 aliphatic rings. The molecule has 2 fully saturated rings. The monoisotopic (exact) mass is 206 g/mol. The van der Waals surface area contributed by atoms with Crippen LogP contribution in [0.25, 0.3) is 0 Å². The standard InChI is InChI=1S/C9H15ClO3/c1-9(12-2)6-4-3-5(13-6)7(10)8(9)11/h5-8,11H,3-4H2,1-2H3/t5-,6+,7+,8+,9+/m0/s1. The minimum atomic E-state index is -0.639. The molecule has 0 aromatic carbocycles. The first-order valence-electron chi connectivity index (χ1n) is 4.62. The number of aliphatic hydroxyl groups excluding tert-OH is 1. The summed E-state index contributed by atoms with van der Waals surface area (Å²) in [5.74, 6) is 0. The first-order valence-corrected chi connectivity index (χ1v) is 5.06. The lowest BCUT2D eigenvalue weighted by molar-refractivity contribution is -0.204. The fourth-order valence-corrected chi connectivity index (χ4v) is 2.72. The van der Waals surface area contributed by atoms with E-state index in [1.807, 2.05) is 6.92 Å². The van der Waals surface area contributed by atoms with Crippen LogP contribution in [0.4, 0.5) is 0 Å². The third-order valence-electron chi connectivity index (χ3n) is 3.38. The van der Waals surface area contributed by atoms with E-state index in [-0.39, 0.29) is 17.6 Å². The summed E-state index contributed by atoms with van der Waals surface area (Å²) in [4.78, 5) is 0. The lowest BCUT2D eigenvalue weighted by Crippen LogP contribution is -2.60. The Morgan fingerprint density at radius 3 is 2.85 bits per heavy atom. The second-order valence-electron chi connectivity index (χ2n) is 4.02. The minimum absolute atomic E-state index is 0.00453. The van der Waals surface area contributed by atoms with Crippen LogP contribution in [0.1, 0.15) is 19.8 Å². The third-order valence-corrected chi connectivity index (χ3v) is 3.90. The van der Waals surface area contributed by atoms with Crippen LogP contribution in [-0.2, 0) is 9.47 Å². The second kappa shape index (κ2) is 3.09. The molecule has 0 spiro atoms. The SMILES string of the molecule is CO[C@@]1(C)[C@H](O)[C@H](Cl)[C@@H]2CC[C@H]1O2. The van der Waals surface area contributed by atoms with Crippen molar-refractivity contribution in [3.8, 4) is 0 Å². The smallest absolute Gasteiger partial charge is 0.118 e. The van der Waals surface area contributed by atoms with Crippen LogP contribution < -0.4 is 0 Å². The summed E-state index contributed by atoms with van der Waals surface area (Å²) in [6.45, 7) is 1.86. The number of halogens is 1. The highest BCUT2D eigenvalue weighted by Gasteiger charge is 2.55. The van der Waals surface area contributed by atoms with E-state index >= 15 is 0 Å². The van der Waals surface area contributed by atoms with Gasteiger partial charge in [0, 0.05) is 7.11 Å². The fraction of sp³-hybridized carbons (Fsp3) is 1.00. The van der Waals surface area contributed by atoms with Crippen LogP contribution in [-0.4, -0.2) is 41.5 Å². The quantitative estimate of drug-likeness (QED) is 0.649. The van der Waals surface area contributed by atoms with Crippen molar-refractivity contribution in [2.75, 3.05) is 7.11 Å². The predicted octanol–water partition coefficient (Wildman–Crippen LogP) is 0.921. The van der Waals surface area contributed by atoms with Gasteiger partial charge in [0.25, 0.3) is 0 Å². The van der Waals surface area contributed by atoms with E-state index in [2.05, 4.69) is 0 Å². The summed E-state index contributed by atoms with van der Waals surface area (Å²) in [6.07, 6.45) is 1.22. The van der Waals surface area contributed by atoms with Crippen LogP contribution in [0, 0.1) is 0 Å². The van der Waals surface area contributed by atoms with Crippen LogP contribution in [0.15, 0.2) is 0 Å². The lowest BCUT2D eigenvalue weighted by Gasteiger charge is -2.44. The van der Waals surface area contributed by atoms with Gasteiger partial charge in [0.2, 0.25) is 0 Å². The molecule has 4 heteroatoms. The summed E-state index contributed by atoms with van der Waals surface area (Å²) in [5.41, 5.74) is -0.639. The van der Waals surface area contributed by atoms with Gasteiger partial charge in [-0.15, -0.1) is 11.6 Å². The van der Waals surface area contributed by atoms with E-state index in [1.165, 1.54) is 0 Å². The van der Waals surface area contributed by atoms with E-state index < -0.39 is 11.7 Å². The van der Waals surface area contributed by atoms with Crippen LogP contribution >= 0.6 is 11.6 Å². The molecule has 2 heterocycles. The highest BCUT2D eigenvalue weighted by molar-refractivity contribution is 6.21. The number of ether oxygens (including phenoxy) is 2. The summed E-state index contributed by atoms with van der Waals surface area (Å²) in [5, 5.41) is 9.60. The van der Waals surface area contributed by atoms with Gasteiger partial charge in [-0.05, 0) is 19.8 Å². The van der Waals surface area contributed by atoms with Gasteiger partial charge >= 0.3 is 0 Å². The Morgan fingerprint density at radius 1 is 1.54 bits per heavy atom. The van der Waals surface area contributed by atoms with Crippen molar-refractivity contribution < 1.29 is 14.6 Å². The molecule has 0 unspecified atom stereocenters. The zero-order chi connectivity index (χ0) is 9.64. The van der Waals surface area contributed by atoms with E-state index in [0.29, 0.717) is 0 Å². The summed E-state index contributed by atoms with van der Waals surface area (Å²) in [7, 11) is 1.59. The zero-order valence-electron chi connectivity index (χ0n) is 7.87. The van der Waals surface area contributed by atoms with Crippen LogP contribution in [0.2, 0.25) is 0 Å². The Hall–Kier alpha value is 0.170. The average molecular weight is 207 g/mol. The first kappa shape index (κ1) is 9.71. The normalized spacial score (nSPS) is 55.4. The van der Waals surface area contributed by atoms with Gasteiger partial charge in [0.05, 0.1) is 17.6 Å². The maximum absolute atomic E-state index is 9.94. The van der Waals surface area contributed by atoms with Gasteiger partial charge in [0.15, 0.2) is 0 Å². The predicted molar refractivity (Wildman–Crippen MR) is 49.0 cm³/mol. The molecule has 0 aromatic rings. The fourth-order valence-electron chi connectivity index (χ4n) is 2.28. The Balaban J connectivity index is 2.27. The average Bonchev–Trinajstić information content (AvgIpc) is 2.59. The molecule has 5 atom stereocenters. The van der Waals surface area contributed by atoms with Crippen LogP contribution in [0.3, 0.4) is 0 Å². The van der Waals surface area contributed by atoms with Gasteiger partial charge < -0.3 is 14.6 Å². The van der Waals surface area contributed by atoms with E-state index in [1.54, 1.807) is 7.11 Å². The topological polar surface area (TPSA) is 38.7 Å². The molecule has 0 aromatic heterocycles. The van der Waals surface area contributed by atoms with Crippen molar-refractivity contribution in [1.82, 2.24) is 0 Å². The first-order chi connectivity index (χ1) is 6.09. The number of hydrogen-bond donors (Lipinski definition) is 1. The van der Waals surface area contributed by atoms with Crippen molar-refractivity contribution in [3.63, 3.8) is 0 Å². The molecule has 0 saturated carbocycles. The van der Waals surface area contributed by atoms with Crippen molar-refractivity contribution in [1.29, 1.82) is 0 Å². The minimum Gasteiger partial charge on any atom is -0.388 e. The van der Waals surface area contributed by atoms with Gasteiger partial charge in [-0.2, -0.15) is 0 Å². The molecular weight excluding hydrogens is 192 g/mol. The number of aliphatic hydroxyl groups is 1. The Morgan fingerprint density at radius 2 is 2.23 bits per heavy atom. The molecule has 2 saturated heterocycles. The van der Waals surface area contributed by atoms with Crippen molar-refractivity contribution in [2.45, 2.75) is 49.1 Å². The molecule has 76 valence electrons. The van der Waals surface area contributed by atoms with Gasteiger partial charge in [-0.25, -0.2) is 0 Å². The molecule has 2 bridgehead atoms. The Labute approximate surface area is 83.0 Å². The number of rotatable bonds is 1. The number of hydrogen-bond acceptors (Lipinski definition) is 3. The van der Waals surface area contributed by atoms with Gasteiger partial charge in [-0.3, -0.25) is 0 Å². The summed E-state index contributed by atoms with van der Waals surface area (Å²) >= 11 is 6.07. The van der Waals surface area contributed by atoms with Crippen molar-refractivity contribution >= 4 is 11.6 Å². The Bertz CT molecular complexity index is 211. The highest BCUT2D eigenvalue weighted by atomic mass is 35.5. The number of methoxy groups -OCH3 is 1. The Kier molecular flexibility index (Phi) is 2.31. The van der Waals surface area contributed by atoms with Gasteiger partial charge in [-0.1, -0.05) is 0 Å². The maximum Gasteiger partial charge on any atom is 0.118 e.